The number of hydrogen-bond donors (Lipinski definition) is 2. The standard InChI is InChI=1S/C13H14N2O3S2/c1-9(15-13(16)12-3-2-8-19-12)10-4-6-11(7-5-10)20(14,17)18/h2-9H,1H3,(H,15,16)(H2,14,17,18)/t9-/m1/s1. The highest BCUT2D eigenvalue weighted by Gasteiger charge is 2.13. The van der Waals surface area contributed by atoms with Gasteiger partial charge in [-0.25, -0.2) is 13.6 Å². The number of hydrogen-bond acceptors (Lipinski definition) is 4. The van der Waals surface area contributed by atoms with Gasteiger partial charge in [-0.05, 0) is 36.1 Å². The number of nitrogens with one attached hydrogen (secondary N) is 1. The zero-order valence-corrected chi connectivity index (χ0v) is 12.4. The van der Waals surface area contributed by atoms with Gasteiger partial charge in [0.1, 0.15) is 0 Å². The van der Waals surface area contributed by atoms with Crippen LogP contribution in [0.1, 0.15) is 28.2 Å². The number of carbonyl (C=O) groups excluding carboxylic acids is 1. The second-order valence-corrected chi connectivity index (χ2v) is 6.80. The predicted octanol–water partition coefficient (Wildman–Crippen LogP) is 1.89. The number of thiophene rings is 1. The number of amides is 1. The lowest BCUT2D eigenvalue weighted by Gasteiger charge is -2.14. The van der Waals surface area contributed by atoms with Crippen LogP contribution < -0.4 is 10.5 Å². The highest BCUT2D eigenvalue weighted by Crippen LogP contribution is 2.17. The maximum Gasteiger partial charge on any atom is 0.261 e. The lowest BCUT2D eigenvalue weighted by molar-refractivity contribution is 0.0944. The first kappa shape index (κ1) is 14.7. The van der Waals surface area contributed by atoms with Crippen molar-refractivity contribution < 1.29 is 13.2 Å². The average molecular weight is 310 g/mol. The first-order chi connectivity index (χ1) is 9.38. The summed E-state index contributed by atoms with van der Waals surface area (Å²) in [6.45, 7) is 1.83. The number of carbonyl (C=O) groups is 1. The molecular formula is C13H14N2O3S2. The largest absolute Gasteiger partial charge is 0.345 e. The summed E-state index contributed by atoms with van der Waals surface area (Å²) < 4.78 is 22.3. The van der Waals surface area contributed by atoms with Crippen LogP contribution in [0.4, 0.5) is 0 Å². The Balaban J connectivity index is 2.10. The lowest BCUT2D eigenvalue weighted by Crippen LogP contribution is -2.25. The molecule has 3 N–H and O–H groups in total. The van der Waals surface area contributed by atoms with E-state index in [9.17, 15) is 13.2 Å². The van der Waals surface area contributed by atoms with Gasteiger partial charge >= 0.3 is 0 Å². The Morgan fingerprint density at radius 2 is 1.90 bits per heavy atom. The molecule has 20 heavy (non-hydrogen) atoms. The van der Waals surface area contributed by atoms with Gasteiger partial charge in [-0.1, -0.05) is 18.2 Å². The summed E-state index contributed by atoms with van der Waals surface area (Å²) in [5, 5.41) is 9.71. The van der Waals surface area contributed by atoms with E-state index in [1.807, 2.05) is 18.4 Å². The summed E-state index contributed by atoms with van der Waals surface area (Å²) in [5.74, 6) is -0.150. The van der Waals surface area contributed by atoms with E-state index in [4.69, 9.17) is 5.14 Å². The van der Waals surface area contributed by atoms with Crippen molar-refractivity contribution in [2.45, 2.75) is 17.9 Å². The van der Waals surface area contributed by atoms with E-state index in [1.165, 1.54) is 23.5 Å². The van der Waals surface area contributed by atoms with Crippen molar-refractivity contribution in [1.29, 1.82) is 0 Å². The molecule has 2 rings (SSSR count). The second kappa shape index (κ2) is 5.74. The third-order valence-corrected chi connectivity index (χ3v) is 4.60. The van der Waals surface area contributed by atoms with Crippen molar-refractivity contribution in [2.75, 3.05) is 0 Å². The fourth-order valence-corrected chi connectivity index (χ4v) is 2.85. The number of benzene rings is 1. The number of rotatable bonds is 4. The van der Waals surface area contributed by atoms with Gasteiger partial charge in [-0.3, -0.25) is 4.79 Å². The van der Waals surface area contributed by atoms with Crippen LogP contribution in [-0.2, 0) is 10.0 Å². The molecule has 106 valence electrons. The molecule has 0 unspecified atom stereocenters. The summed E-state index contributed by atoms with van der Waals surface area (Å²) in [4.78, 5) is 12.6. The number of primary sulfonamides is 1. The fraction of sp³-hybridized carbons (Fsp3) is 0.154. The Hall–Kier alpha value is -1.70. The van der Waals surface area contributed by atoms with Crippen LogP contribution in [0.2, 0.25) is 0 Å². The molecule has 1 heterocycles. The molecule has 0 aliphatic rings. The summed E-state index contributed by atoms with van der Waals surface area (Å²) in [7, 11) is -3.69. The molecule has 0 aliphatic heterocycles. The zero-order valence-electron chi connectivity index (χ0n) is 10.7. The van der Waals surface area contributed by atoms with Crippen LogP contribution in [0.5, 0.6) is 0 Å². The summed E-state index contributed by atoms with van der Waals surface area (Å²) in [5.41, 5.74) is 0.808. The number of sulfonamides is 1. The van der Waals surface area contributed by atoms with Crippen LogP contribution in [-0.4, -0.2) is 14.3 Å². The van der Waals surface area contributed by atoms with Crippen molar-refractivity contribution in [3.8, 4) is 0 Å². The Morgan fingerprint density at radius 3 is 2.40 bits per heavy atom. The smallest absolute Gasteiger partial charge is 0.261 e. The first-order valence-corrected chi connectivity index (χ1v) is 8.27. The Bertz CT molecular complexity index is 692. The molecule has 0 spiro atoms. The molecular weight excluding hydrogens is 296 g/mol. The molecule has 7 heteroatoms. The minimum absolute atomic E-state index is 0.0537. The van der Waals surface area contributed by atoms with E-state index >= 15 is 0 Å². The molecule has 1 atom stereocenters. The molecule has 0 saturated heterocycles. The molecule has 1 aromatic carbocycles. The molecule has 1 amide bonds. The summed E-state index contributed by atoms with van der Waals surface area (Å²) in [6, 6.07) is 9.47. The van der Waals surface area contributed by atoms with Gasteiger partial charge in [0, 0.05) is 0 Å². The highest BCUT2D eigenvalue weighted by atomic mass is 32.2. The van der Waals surface area contributed by atoms with E-state index in [0.29, 0.717) is 4.88 Å². The maximum atomic E-state index is 11.9. The van der Waals surface area contributed by atoms with E-state index < -0.39 is 10.0 Å². The van der Waals surface area contributed by atoms with Crippen molar-refractivity contribution in [1.82, 2.24) is 5.32 Å². The van der Waals surface area contributed by atoms with E-state index in [2.05, 4.69) is 5.32 Å². The van der Waals surface area contributed by atoms with Gasteiger partial charge < -0.3 is 5.32 Å². The third-order valence-electron chi connectivity index (χ3n) is 2.80. The van der Waals surface area contributed by atoms with E-state index in [0.717, 1.165) is 5.56 Å². The van der Waals surface area contributed by atoms with Crippen molar-refractivity contribution in [2.24, 2.45) is 5.14 Å². The quantitative estimate of drug-likeness (QED) is 0.903. The van der Waals surface area contributed by atoms with Crippen LogP contribution in [0.15, 0.2) is 46.7 Å². The van der Waals surface area contributed by atoms with Gasteiger partial charge in [-0.15, -0.1) is 11.3 Å². The number of nitrogens with two attached hydrogens (primary N) is 1. The molecule has 0 saturated carbocycles. The SMILES string of the molecule is C[C@@H](NC(=O)c1cccs1)c1ccc(S(N)(=O)=O)cc1. The van der Waals surface area contributed by atoms with Crippen LogP contribution in [0.25, 0.3) is 0 Å². The first-order valence-electron chi connectivity index (χ1n) is 5.85. The minimum Gasteiger partial charge on any atom is -0.345 e. The Labute approximate surface area is 121 Å². The average Bonchev–Trinajstić information content (AvgIpc) is 2.91. The molecule has 0 bridgehead atoms. The zero-order chi connectivity index (χ0) is 14.8. The van der Waals surface area contributed by atoms with Gasteiger partial charge in [0.2, 0.25) is 10.0 Å². The van der Waals surface area contributed by atoms with Crippen LogP contribution in [0, 0.1) is 0 Å². The lowest BCUT2D eigenvalue weighted by atomic mass is 10.1. The fourth-order valence-electron chi connectivity index (χ4n) is 1.71. The predicted molar refractivity (Wildman–Crippen MR) is 78.0 cm³/mol. The Kier molecular flexibility index (Phi) is 4.22. The molecule has 0 fully saturated rings. The van der Waals surface area contributed by atoms with Gasteiger partial charge in [0.25, 0.3) is 5.91 Å². The Morgan fingerprint density at radius 1 is 1.25 bits per heavy atom. The van der Waals surface area contributed by atoms with E-state index in [-0.39, 0.29) is 16.8 Å². The van der Waals surface area contributed by atoms with Gasteiger partial charge in [-0.2, -0.15) is 0 Å². The van der Waals surface area contributed by atoms with E-state index in [1.54, 1.807) is 18.2 Å². The van der Waals surface area contributed by atoms with Crippen LogP contribution >= 0.6 is 11.3 Å². The molecule has 0 radical (unpaired) electrons. The van der Waals surface area contributed by atoms with Crippen molar-refractivity contribution in [3.63, 3.8) is 0 Å². The molecule has 2 aromatic rings. The third kappa shape index (κ3) is 3.44. The summed E-state index contributed by atoms with van der Waals surface area (Å²) in [6.07, 6.45) is 0. The molecule has 0 aliphatic carbocycles. The molecule has 1 aromatic heterocycles. The monoisotopic (exact) mass is 310 g/mol. The topological polar surface area (TPSA) is 89.3 Å². The van der Waals surface area contributed by atoms with Gasteiger partial charge in [0.05, 0.1) is 15.8 Å². The summed E-state index contributed by atoms with van der Waals surface area (Å²) >= 11 is 1.37. The normalized spacial score (nSPS) is 12.9. The highest BCUT2D eigenvalue weighted by molar-refractivity contribution is 7.89. The van der Waals surface area contributed by atoms with Crippen molar-refractivity contribution >= 4 is 27.3 Å². The van der Waals surface area contributed by atoms with Gasteiger partial charge in [0.15, 0.2) is 0 Å². The second-order valence-electron chi connectivity index (χ2n) is 4.29. The van der Waals surface area contributed by atoms with Crippen LogP contribution in [0.3, 0.4) is 0 Å². The van der Waals surface area contributed by atoms with Crippen molar-refractivity contribution in [3.05, 3.63) is 52.2 Å². The maximum absolute atomic E-state index is 11.9. The minimum atomic E-state index is -3.69. The molecule has 5 nitrogen and oxygen atoms in total.